The van der Waals surface area contributed by atoms with Gasteiger partial charge in [-0.25, -0.2) is 9.78 Å². The molecule has 0 fully saturated rings. The summed E-state index contributed by atoms with van der Waals surface area (Å²) in [6.07, 6.45) is 1.18. The molecule has 1 aromatic carbocycles. The van der Waals surface area contributed by atoms with Crippen molar-refractivity contribution in [2.24, 2.45) is 14.1 Å². The summed E-state index contributed by atoms with van der Waals surface area (Å²) in [7, 11) is 2.69. The van der Waals surface area contributed by atoms with Crippen molar-refractivity contribution in [3.8, 4) is 0 Å². The van der Waals surface area contributed by atoms with Crippen LogP contribution in [0.25, 0.3) is 11.2 Å². The van der Waals surface area contributed by atoms with Crippen molar-refractivity contribution in [1.29, 1.82) is 0 Å². The number of benzene rings is 1. The van der Waals surface area contributed by atoms with Crippen LogP contribution in [0.1, 0.15) is 20.7 Å². The van der Waals surface area contributed by atoms with Crippen LogP contribution in [-0.2, 0) is 25.4 Å². The van der Waals surface area contributed by atoms with Crippen molar-refractivity contribution in [3.05, 3.63) is 66.6 Å². The first kappa shape index (κ1) is 19.7. The van der Waals surface area contributed by atoms with Crippen molar-refractivity contribution in [2.45, 2.75) is 6.54 Å². The lowest BCUT2D eigenvalue weighted by Crippen LogP contribution is -2.47. The second-order valence-electron chi connectivity index (χ2n) is 6.72. The molecule has 0 radical (unpaired) electrons. The average molecular weight is 427 g/mol. The van der Waals surface area contributed by atoms with E-state index < -0.39 is 40.4 Å². The van der Waals surface area contributed by atoms with Crippen molar-refractivity contribution < 1.29 is 19.3 Å². The standard InChI is InChI=1S/C17H13N7O7/c1-20-13-12(16(28)21(2)17(20)29)22(7-18-13)6-11(25)19-23-14(26)9-4-3-8(24(30)31)5-10(9)15(23)27/h3-5,7H,6H2,1-2H3,(H,19,25). The van der Waals surface area contributed by atoms with Crippen LogP contribution in [-0.4, -0.2) is 46.3 Å². The predicted octanol–water partition coefficient (Wildman–Crippen LogP) is -1.33. The number of carbonyl (C=O) groups excluding carboxylic acids is 3. The number of rotatable bonds is 4. The van der Waals surface area contributed by atoms with Crippen LogP contribution in [0.5, 0.6) is 0 Å². The van der Waals surface area contributed by atoms with Gasteiger partial charge >= 0.3 is 5.69 Å². The van der Waals surface area contributed by atoms with E-state index in [1.54, 1.807) is 0 Å². The van der Waals surface area contributed by atoms with Gasteiger partial charge in [-0.2, -0.15) is 5.01 Å². The smallest absolute Gasteiger partial charge is 0.315 e. The molecule has 0 unspecified atom stereocenters. The van der Waals surface area contributed by atoms with Crippen LogP contribution in [0, 0.1) is 10.1 Å². The molecule has 31 heavy (non-hydrogen) atoms. The van der Waals surface area contributed by atoms with Gasteiger partial charge < -0.3 is 4.57 Å². The number of aryl methyl sites for hydroxylation is 1. The molecule has 0 atom stereocenters. The van der Waals surface area contributed by atoms with Crippen molar-refractivity contribution in [3.63, 3.8) is 0 Å². The minimum atomic E-state index is -0.925. The van der Waals surface area contributed by atoms with E-state index in [0.717, 1.165) is 27.3 Å². The van der Waals surface area contributed by atoms with Gasteiger partial charge in [-0.15, -0.1) is 0 Å². The number of nitrogens with zero attached hydrogens (tertiary/aromatic N) is 6. The fourth-order valence-electron chi connectivity index (χ4n) is 3.28. The minimum Gasteiger partial charge on any atom is -0.315 e. The second-order valence-corrected chi connectivity index (χ2v) is 6.72. The summed E-state index contributed by atoms with van der Waals surface area (Å²) < 4.78 is 3.17. The minimum absolute atomic E-state index is 0.0160. The van der Waals surface area contributed by atoms with Crippen LogP contribution in [0.2, 0.25) is 0 Å². The molecule has 0 spiro atoms. The third-order valence-electron chi connectivity index (χ3n) is 4.85. The molecule has 0 bridgehead atoms. The van der Waals surface area contributed by atoms with Crippen molar-refractivity contribution in [1.82, 2.24) is 29.1 Å². The SMILES string of the molecule is Cn1c(=O)c2c(ncn2CC(=O)NN2C(=O)c3ccc([N+](=O)[O-])cc3C2=O)n(C)c1=O. The summed E-state index contributed by atoms with van der Waals surface area (Å²) in [6.45, 7) is -0.489. The molecule has 1 N–H and O–H groups in total. The number of imidazole rings is 1. The van der Waals surface area contributed by atoms with Crippen molar-refractivity contribution >= 4 is 34.6 Å². The van der Waals surface area contributed by atoms with Gasteiger partial charge in [0.2, 0.25) is 0 Å². The summed E-state index contributed by atoms with van der Waals surface area (Å²) in [5.74, 6) is -2.61. The Bertz CT molecular complexity index is 1450. The van der Waals surface area contributed by atoms with Gasteiger partial charge in [0.1, 0.15) is 6.54 Å². The molecule has 158 valence electrons. The average Bonchev–Trinajstić information content (AvgIpc) is 3.25. The lowest BCUT2D eigenvalue weighted by atomic mass is 10.1. The maximum Gasteiger partial charge on any atom is 0.332 e. The lowest BCUT2D eigenvalue weighted by Gasteiger charge is -2.15. The Hall–Kier alpha value is -4.62. The summed E-state index contributed by atoms with van der Waals surface area (Å²) in [6, 6.07) is 3.16. The number of nitro groups is 1. The predicted molar refractivity (Wildman–Crippen MR) is 102 cm³/mol. The first-order valence-corrected chi connectivity index (χ1v) is 8.69. The number of nitrogens with one attached hydrogen (secondary N) is 1. The zero-order valence-electron chi connectivity index (χ0n) is 16.1. The van der Waals surface area contributed by atoms with E-state index in [9.17, 15) is 34.1 Å². The fourth-order valence-corrected chi connectivity index (χ4v) is 3.28. The molecular formula is C17H13N7O7. The molecule has 2 aromatic heterocycles. The molecule has 0 saturated heterocycles. The summed E-state index contributed by atoms with van der Waals surface area (Å²) in [5, 5.41) is 11.3. The Balaban J connectivity index is 1.61. The maximum absolute atomic E-state index is 12.5. The van der Waals surface area contributed by atoms with E-state index in [1.807, 2.05) is 0 Å². The Morgan fingerprint density at radius 1 is 1.10 bits per heavy atom. The molecule has 3 amide bonds. The second kappa shape index (κ2) is 6.72. The molecule has 0 saturated carbocycles. The van der Waals surface area contributed by atoms with Gasteiger partial charge in [0.15, 0.2) is 11.2 Å². The highest BCUT2D eigenvalue weighted by molar-refractivity contribution is 6.22. The Kier molecular flexibility index (Phi) is 4.27. The number of imide groups is 1. The highest BCUT2D eigenvalue weighted by Crippen LogP contribution is 2.25. The van der Waals surface area contributed by atoms with Crippen LogP contribution in [0.4, 0.5) is 5.69 Å². The first-order valence-electron chi connectivity index (χ1n) is 8.69. The van der Waals surface area contributed by atoms with Gasteiger partial charge in [-0.1, -0.05) is 0 Å². The van der Waals surface area contributed by atoms with E-state index in [4.69, 9.17) is 0 Å². The topological polar surface area (TPSA) is 171 Å². The molecule has 14 nitrogen and oxygen atoms in total. The number of non-ortho nitro benzene ring substituents is 1. The van der Waals surface area contributed by atoms with Gasteiger partial charge in [-0.05, 0) is 6.07 Å². The van der Waals surface area contributed by atoms with E-state index in [0.29, 0.717) is 5.01 Å². The van der Waals surface area contributed by atoms with E-state index in [1.165, 1.54) is 25.0 Å². The number of hydrogen-bond acceptors (Lipinski definition) is 8. The Labute approximate surface area is 171 Å². The fraction of sp³-hybridized carbons (Fsp3) is 0.176. The summed E-state index contributed by atoms with van der Waals surface area (Å²) in [5.41, 5.74) is 0.247. The zero-order chi connectivity index (χ0) is 22.6. The molecule has 0 aliphatic carbocycles. The number of fused-ring (bicyclic) bond motifs is 2. The molecule has 1 aliphatic rings. The zero-order valence-corrected chi connectivity index (χ0v) is 16.1. The normalized spacial score (nSPS) is 13.0. The van der Waals surface area contributed by atoms with Crippen LogP contribution >= 0.6 is 0 Å². The molecule has 4 rings (SSSR count). The molecule has 3 aromatic rings. The Morgan fingerprint density at radius 2 is 1.77 bits per heavy atom. The first-order chi connectivity index (χ1) is 14.6. The molecular weight excluding hydrogens is 414 g/mol. The number of hydrazine groups is 1. The number of aromatic nitrogens is 4. The largest absolute Gasteiger partial charge is 0.332 e. The monoisotopic (exact) mass is 427 g/mol. The maximum atomic E-state index is 12.5. The van der Waals surface area contributed by atoms with Crippen LogP contribution in [0.3, 0.4) is 0 Å². The van der Waals surface area contributed by atoms with E-state index in [-0.39, 0.29) is 28.0 Å². The number of carbonyl (C=O) groups is 3. The molecule has 1 aliphatic heterocycles. The lowest BCUT2D eigenvalue weighted by molar-refractivity contribution is -0.384. The van der Waals surface area contributed by atoms with E-state index >= 15 is 0 Å². The van der Waals surface area contributed by atoms with Gasteiger partial charge in [0.25, 0.3) is 29.0 Å². The third kappa shape index (κ3) is 2.88. The summed E-state index contributed by atoms with van der Waals surface area (Å²) >= 11 is 0. The quantitative estimate of drug-likeness (QED) is 0.303. The Morgan fingerprint density at radius 3 is 2.45 bits per heavy atom. The van der Waals surface area contributed by atoms with Crippen LogP contribution < -0.4 is 16.7 Å². The van der Waals surface area contributed by atoms with Gasteiger partial charge in [0, 0.05) is 26.2 Å². The van der Waals surface area contributed by atoms with Crippen molar-refractivity contribution in [2.75, 3.05) is 0 Å². The molecule has 14 heteroatoms. The molecule has 3 heterocycles. The van der Waals surface area contributed by atoms with Gasteiger partial charge in [-0.3, -0.25) is 43.9 Å². The van der Waals surface area contributed by atoms with E-state index in [2.05, 4.69) is 10.4 Å². The van der Waals surface area contributed by atoms with Gasteiger partial charge in [0.05, 0.1) is 22.4 Å². The third-order valence-corrected chi connectivity index (χ3v) is 4.85. The highest BCUT2D eigenvalue weighted by Gasteiger charge is 2.38. The number of hydrogen-bond donors (Lipinski definition) is 1. The summed E-state index contributed by atoms with van der Waals surface area (Å²) in [4.78, 5) is 76.0. The number of nitro benzene ring substituents is 1. The number of amides is 3. The highest BCUT2D eigenvalue weighted by atomic mass is 16.6. The van der Waals surface area contributed by atoms with Crippen LogP contribution in [0.15, 0.2) is 34.1 Å².